The monoisotopic (exact) mass is 424 g/mol. The van der Waals surface area contributed by atoms with E-state index in [0.717, 1.165) is 17.8 Å². The van der Waals surface area contributed by atoms with Crippen molar-refractivity contribution in [1.82, 2.24) is 20.0 Å². The van der Waals surface area contributed by atoms with Crippen LogP contribution < -0.4 is 10.1 Å². The first-order valence-electron chi connectivity index (χ1n) is 10.4. The molecule has 7 heteroatoms. The van der Waals surface area contributed by atoms with Crippen molar-refractivity contribution >= 4 is 5.91 Å². The van der Waals surface area contributed by atoms with Crippen molar-refractivity contribution in [2.24, 2.45) is 0 Å². The van der Waals surface area contributed by atoms with E-state index in [1.165, 1.54) is 6.07 Å². The summed E-state index contributed by atoms with van der Waals surface area (Å²) in [6, 6.07) is 16.0. The highest BCUT2D eigenvalue weighted by Crippen LogP contribution is 2.24. The van der Waals surface area contributed by atoms with Gasteiger partial charge in [-0.1, -0.05) is 49.4 Å². The van der Waals surface area contributed by atoms with Gasteiger partial charge >= 0.3 is 0 Å². The van der Waals surface area contributed by atoms with E-state index in [1.54, 1.807) is 24.4 Å². The molecule has 1 amide bonds. The fourth-order valence-electron chi connectivity index (χ4n) is 3.21. The highest BCUT2D eigenvalue weighted by Gasteiger charge is 2.20. The number of halogens is 1. The van der Waals surface area contributed by atoms with Gasteiger partial charge in [0.15, 0.2) is 11.6 Å². The van der Waals surface area contributed by atoms with E-state index in [2.05, 4.69) is 15.3 Å². The SMILES string of the molecule is CC[C@@H](CNC(=O)c1cnn(CCN(C)C)c1-c1ccccc1)Oc1ccccc1F. The van der Waals surface area contributed by atoms with Gasteiger partial charge in [-0.05, 0) is 32.6 Å². The molecule has 0 saturated heterocycles. The van der Waals surface area contributed by atoms with Gasteiger partial charge in [-0.2, -0.15) is 5.10 Å². The van der Waals surface area contributed by atoms with Crippen LogP contribution in [0.2, 0.25) is 0 Å². The van der Waals surface area contributed by atoms with E-state index in [4.69, 9.17) is 4.74 Å². The number of ether oxygens (including phenoxy) is 1. The summed E-state index contributed by atoms with van der Waals surface area (Å²) >= 11 is 0. The average molecular weight is 425 g/mol. The minimum absolute atomic E-state index is 0.185. The molecule has 2 aromatic carbocycles. The lowest BCUT2D eigenvalue weighted by Crippen LogP contribution is -2.35. The Hall–Kier alpha value is -3.19. The molecule has 3 aromatic rings. The predicted octanol–water partition coefficient (Wildman–Crippen LogP) is 3.84. The summed E-state index contributed by atoms with van der Waals surface area (Å²) in [5, 5.41) is 7.39. The van der Waals surface area contributed by atoms with E-state index in [0.29, 0.717) is 18.5 Å². The third kappa shape index (κ3) is 5.92. The van der Waals surface area contributed by atoms with Crippen LogP contribution >= 0.6 is 0 Å². The summed E-state index contributed by atoms with van der Waals surface area (Å²) < 4.78 is 21.5. The zero-order valence-electron chi connectivity index (χ0n) is 18.2. The van der Waals surface area contributed by atoms with Gasteiger partial charge in [-0.15, -0.1) is 0 Å². The maximum Gasteiger partial charge on any atom is 0.255 e. The van der Waals surface area contributed by atoms with Gasteiger partial charge in [0.25, 0.3) is 5.91 Å². The standard InChI is InChI=1S/C24H29FN4O2/c1-4-19(31-22-13-9-8-12-21(22)25)16-26-24(30)20-17-27-29(15-14-28(2)3)23(20)18-10-6-5-7-11-18/h5-13,17,19H,4,14-16H2,1-3H3,(H,26,30)/t19-/m0/s1. The summed E-state index contributed by atoms with van der Waals surface area (Å²) in [4.78, 5) is 15.1. The van der Waals surface area contributed by atoms with Crippen molar-refractivity contribution in [2.45, 2.75) is 26.0 Å². The van der Waals surface area contributed by atoms with Crippen LogP contribution in [0.4, 0.5) is 4.39 Å². The molecule has 1 N–H and O–H groups in total. The van der Waals surface area contributed by atoms with Crippen LogP contribution in [0.5, 0.6) is 5.75 Å². The number of nitrogens with one attached hydrogen (secondary N) is 1. The lowest BCUT2D eigenvalue weighted by Gasteiger charge is -2.19. The zero-order chi connectivity index (χ0) is 22.2. The lowest BCUT2D eigenvalue weighted by atomic mass is 10.1. The third-order valence-electron chi connectivity index (χ3n) is 4.97. The van der Waals surface area contributed by atoms with E-state index in [1.807, 2.05) is 56.0 Å². The number of para-hydroxylation sites is 1. The molecule has 3 rings (SSSR count). The molecule has 0 fully saturated rings. The second-order valence-electron chi connectivity index (χ2n) is 7.59. The Labute approximate surface area is 182 Å². The number of hydrogen-bond acceptors (Lipinski definition) is 4. The highest BCUT2D eigenvalue weighted by atomic mass is 19.1. The topological polar surface area (TPSA) is 59.4 Å². The van der Waals surface area contributed by atoms with Gasteiger partial charge in [0.2, 0.25) is 0 Å². The van der Waals surface area contributed by atoms with Gasteiger partial charge in [0.05, 0.1) is 30.5 Å². The molecule has 1 atom stereocenters. The molecule has 0 radical (unpaired) electrons. The number of carbonyl (C=O) groups is 1. The largest absolute Gasteiger partial charge is 0.486 e. The van der Waals surface area contributed by atoms with Crippen LogP contribution in [0.1, 0.15) is 23.7 Å². The number of aromatic nitrogens is 2. The van der Waals surface area contributed by atoms with Gasteiger partial charge in [-0.25, -0.2) is 4.39 Å². The molecule has 1 heterocycles. The number of carbonyl (C=O) groups excluding carboxylic acids is 1. The van der Waals surface area contributed by atoms with Crippen LogP contribution in [0.3, 0.4) is 0 Å². The van der Waals surface area contributed by atoms with Crippen LogP contribution in [-0.2, 0) is 6.54 Å². The van der Waals surface area contributed by atoms with Gasteiger partial charge < -0.3 is 15.0 Å². The minimum atomic E-state index is -0.416. The Balaban J connectivity index is 1.75. The van der Waals surface area contributed by atoms with Crippen molar-refractivity contribution in [1.29, 1.82) is 0 Å². The number of rotatable bonds is 10. The second kappa shape index (κ2) is 10.7. The van der Waals surface area contributed by atoms with Crippen LogP contribution in [0.25, 0.3) is 11.3 Å². The van der Waals surface area contributed by atoms with E-state index in [-0.39, 0.29) is 24.3 Å². The number of amides is 1. The van der Waals surface area contributed by atoms with Crippen molar-refractivity contribution in [3.05, 3.63) is 72.2 Å². The highest BCUT2D eigenvalue weighted by molar-refractivity contribution is 5.99. The van der Waals surface area contributed by atoms with E-state index < -0.39 is 5.82 Å². The van der Waals surface area contributed by atoms with Crippen LogP contribution in [0, 0.1) is 5.82 Å². The second-order valence-corrected chi connectivity index (χ2v) is 7.59. The number of nitrogens with zero attached hydrogens (tertiary/aromatic N) is 3. The maximum atomic E-state index is 13.9. The minimum Gasteiger partial charge on any atom is -0.486 e. The first-order chi connectivity index (χ1) is 15.0. The molecule has 31 heavy (non-hydrogen) atoms. The first kappa shape index (κ1) is 22.5. The molecule has 164 valence electrons. The van der Waals surface area contributed by atoms with E-state index in [9.17, 15) is 9.18 Å². The zero-order valence-corrected chi connectivity index (χ0v) is 18.2. The summed E-state index contributed by atoms with van der Waals surface area (Å²) in [7, 11) is 4.00. The smallest absolute Gasteiger partial charge is 0.255 e. The van der Waals surface area contributed by atoms with Crippen molar-refractivity contribution in [3.8, 4) is 17.0 Å². The normalized spacial score (nSPS) is 12.0. The molecule has 0 unspecified atom stereocenters. The number of benzene rings is 2. The first-order valence-corrected chi connectivity index (χ1v) is 10.4. The Morgan fingerprint density at radius 3 is 2.55 bits per heavy atom. The molecule has 0 saturated carbocycles. The number of likely N-dealkylation sites (N-methyl/N-ethyl adjacent to an activating group) is 1. The molecule has 0 aliphatic carbocycles. The molecular formula is C24H29FN4O2. The Morgan fingerprint density at radius 2 is 1.87 bits per heavy atom. The summed E-state index contributed by atoms with van der Waals surface area (Å²) in [5.41, 5.74) is 2.22. The van der Waals surface area contributed by atoms with Crippen molar-refractivity contribution in [2.75, 3.05) is 27.2 Å². The Morgan fingerprint density at radius 1 is 1.16 bits per heavy atom. The molecule has 0 aliphatic rings. The van der Waals surface area contributed by atoms with Gasteiger partial charge in [0, 0.05) is 12.1 Å². The predicted molar refractivity (Wildman–Crippen MR) is 120 cm³/mol. The van der Waals surface area contributed by atoms with E-state index >= 15 is 0 Å². The molecule has 1 aromatic heterocycles. The van der Waals surface area contributed by atoms with Crippen molar-refractivity contribution in [3.63, 3.8) is 0 Å². The molecular weight excluding hydrogens is 395 g/mol. The molecule has 0 aliphatic heterocycles. The quantitative estimate of drug-likeness (QED) is 0.537. The lowest BCUT2D eigenvalue weighted by molar-refractivity contribution is 0.0925. The number of hydrogen-bond donors (Lipinski definition) is 1. The van der Waals surface area contributed by atoms with Gasteiger partial charge in [-0.3, -0.25) is 9.48 Å². The average Bonchev–Trinajstić information content (AvgIpc) is 3.21. The molecule has 0 bridgehead atoms. The summed E-state index contributed by atoms with van der Waals surface area (Å²) in [5.74, 6) is -0.462. The van der Waals surface area contributed by atoms with Crippen LogP contribution in [-0.4, -0.2) is 53.9 Å². The molecule has 0 spiro atoms. The van der Waals surface area contributed by atoms with Crippen LogP contribution in [0.15, 0.2) is 60.8 Å². The third-order valence-corrected chi connectivity index (χ3v) is 4.97. The summed E-state index contributed by atoms with van der Waals surface area (Å²) in [6.07, 6.45) is 1.89. The van der Waals surface area contributed by atoms with Gasteiger partial charge in [0.1, 0.15) is 6.10 Å². The molecule has 6 nitrogen and oxygen atoms in total. The Bertz CT molecular complexity index is 988. The van der Waals surface area contributed by atoms with Crippen molar-refractivity contribution < 1.29 is 13.9 Å². The fourth-order valence-corrected chi connectivity index (χ4v) is 3.21. The maximum absolute atomic E-state index is 13.9. The summed E-state index contributed by atoms with van der Waals surface area (Å²) in [6.45, 7) is 3.67. The fraction of sp³-hybridized carbons (Fsp3) is 0.333. The Kier molecular flexibility index (Phi) is 7.78.